The Morgan fingerprint density at radius 2 is 2.10 bits per heavy atom. The van der Waals surface area contributed by atoms with Gasteiger partial charge in [0.1, 0.15) is 5.75 Å². The summed E-state index contributed by atoms with van der Waals surface area (Å²) >= 11 is 1.58. The summed E-state index contributed by atoms with van der Waals surface area (Å²) in [6.45, 7) is 0.703. The maximum absolute atomic E-state index is 12.5. The highest BCUT2D eigenvalue weighted by atomic mass is 32.2. The number of para-hydroxylation sites is 1. The molecule has 112 valence electrons. The van der Waals surface area contributed by atoms with Crippen LogP contribution in [0.1, 0.15) is 0 Å². The number of rotatable bonds is 2. The molecule has 1 aromatic carbocycles. The largest absolute Gasteiger partial charge is 0.479 e. The Balaban J connectivity index is 1.67. The predicted molar refractivity (Wildman–Crippen MR) is 75.5 cm³/mol. The number of aliphatic carboxylic acids is 1. The minimum Gasteiger partial charge on any atom is -0.479 e. The van der Waals surface area contributed by atoms with E-state index in [1.165, 1.54) is 4.90 Å². The van der Waals surface area contributed by atoms with Crippen LogP contribution in [0.3, 0.4) is 0 Å². The molecule has 1 saturated heterocycles. The number of carboxylic acid groups (broad SMARTS) is 1. The predicted octanol–water partition coefficient (Wildman–Crippen LogP) is 0.852. The highest BCUT2D eigenvalue weighted by Gasteiger charge is 2.35. The number of fused-ring (bicyclic) bond motifs is 1. The van der Waals surface area contributed by atoms with Crippen LogP contribution in [0.5, 0.6) is 5.75 Å². The monoisotopic (exact) mass is 309 g/mol. The van der Waals surface area contributed by atoms with Crippen LogP contribution in [0, 0.1) is 0 Å². The zero-order valence-electron chi connectivity index (χ0n) is 11.2. The van der Waals surface area contributed by atoms with E-state index in [0.717, 1.165) is 4.90 Å². The Labute approximate surface area is 126 Å². The van der Waals surface area contributed by atoms with Gasteiger partial charge in [-0.15, -0.1) is 11.8 Å². The molecule has 2 heterocycles. The Hall–Kier alpha value is -1.73. The number of carbonyl (C=O) groups excluding carboxylic acids is 1. The summed E-state index contributed by atoms with van der Waals surface area (Å²) in [6, 6.07) is 7.58. The summed E-state index contributed by atoms with van der Waals surface area (Å²) in [5.74, 6) is 0.0174. The van der Waals surface area contributed by atoms with Crippen LogP contribution >= 0.6 is 11.8 Å². The minimum atomic E-state index is -1.04. The van der Waals surface area contributed by atoms with Crippen LogP contribution in [0.25, 0.3) is 0 Å². The average molecular weight is 309 g/mol. The van der Waals surface area contributed by atoms with Gasteiger partial charge in [0.2, 0.25) is 0 Å². The van der Waals surface area contributed by atoms with Crippen molar-refractivity contribution in [2.45, 2.75) is 17.1 Å². The van der Waals surface area contributed by atoms with Gasteiger partial charge in [-0.25, -0.2) is 4.79 Å². The summed E-state index contributed by atoms with van der Waals surface area (Å²) in [6.07, 6.45) is -1.52. The fraction of sp³-hybridized carbons (Fsp3) is 0.429. The van der Waals surface area contributed by atoms with E-state index in [1.807, 2.05) is 24.3 Å². The van der Waals surface area contributed by atoms with Gasteiger partial charge < -0.3 is 19.5 Å². The van der Waals surface area contributed by atoms with E-state index in [2.05, 4.69) is 0 Å². The normalized spacial score (nSPS) is 24.9. The molecular formula is C14H15NO5S. The van der Waals surface area contributed by atoms with Gasteiger partial charge in [0.25, 0.3) is 5.91 Å². The SMILES string of the molecule is O=C(O)[C@@H]1CN(C(=O)[C@@H]2CSc3ccccc3O2)CCO1. The van der Waals surface area contributed by atoms with Crippen molar-refractivity contribution >= 4 is 23.6 Å². The second-order valence-corrected chi connectivity index (χ2v) is 5.91. The van der Waals surface area contributed by atoms with Crippen LogP contribution in [0.2, 0.25) is 0 Å². The third-order valence-electron chi connectivity index (χ3n) is 3.44. The highest BCUT2D eigenvalue weighted by molar-refractivity contribution is 7.99. The molecule has 3 rings (SSSR count). The summed E-state index contributed by atoms with van der Waals surface area (Å²) in [5.41, 5.74) is 0. The van der Waals surface area contributed by atoms with Crippen molar-refractivity contribution in [3.8, 4) is 5.75 Å². The summed E-state index contributed by atoms with van der Waals surface area (Å²) in [7, 11) is 0. The number of morpholine rings is 1. The first-order valence-electron chi connectivity index (χ1n) is 6.67. The molecule has 0 unspecified atom stereocenters. The summed E-state index contributed by atoms with van der Waals surface area (Å²) in [5, 5.41) is 8.98. The van der Waals surface area contributed by atoms with Crippen molar-refractivity contribution in [1.29, 1.82) is 0 Å². The lowest BCUT2D eigenvalue weighted by Gasteiger charge is -2.34. The number of benzene rings is 1. The maximum atomic E-state index is 12.5. The van der Waals surface area contributed by atoms with Gasteiger partial charge in [-0.1, -0.05) is 12.1 Å². The lowest BCUT2D eigenvalue weighted by atomic mass is 10.2. The van der Waals surface area contributed by atoms with Gasteiger partial charge in [-0.3, -0.25) is 4.79 Å². The second kappa shape index (κ2) is 5.95. The van der Waals surface area contributed by atoms with Crippen LogP contribution in [0.15, 0.2) is 29.2 Å². The van der Waals surface area contributed by atoms with E-state index in [4.69, 9.17) is 14.6 Å². The smallest absolute Gasteiger partial charge is 0.334 e. The van der Waals surface area contributed by atoms with Crippen molar-refractivity contribution in [3.63, 3.8) is 0 Å². The first kappa shape index (κ1) is 14.2. The number of carboxylic acids is 1. The molecule has 2 aliphatic heterocycles. The Morgan fingerprint density at radius 1 is 1.29 bits per heavy atom. The van der Waals surface area contributed by atoms with Crippen molar-refractivity contribution in [3.05, 3.63) is 24.3 Å². The molecule has 0 aliphatic carbocycles. The number of carbonyl (C=O) groups is 2. The lowest BCUT2D eigenvalue weighted by Crippen LogP contribution is -2.53. The van der Waals surface area contributed by atoms with Crippen LogP contribution in [-0.2, 0) is 14.3 Å². The zero-order valence-corrected chi connectivity index (χ0v) is 12.0. The van der Waals surface area contributed by atoms with Crippen LogP contribution in [-0.4, -0.2) is 59.5 Å². The van der Waals surface area contributed by atoms with E-state index < -0.39 is 18.2 Å². The molecule has 0 bridgehead atoms. The maximum Gasteiger partial charge on any atom is 0.334 e. The summed E-state index contributed by atoms with van der Waals surface area (Å²) < 4.78 is 10.9. The van der Waals surface area contributed by atoms with Crippen molar-refractivity contribution in [2.75, 3.05) is 25.4 Å². The third-order valence-corrected chi connectivity index (χ3v) is 4.56. The van der Waals surface area contributed by atoms with E-state index >= 15 is 0 Å². The number of amides is 1. The highest BCUT2D eigenvalue weighted by Crippen LogP contribution is 2.35. The third kappa shape index (κ3) is 2.98. The average Bonchev–Trinajstić information content (AvgIpc) is 2.53. The second-order valence-electron chi connectivity index (χ2n) is 4.85. The minimum absolute atomic E-state index is 0.0698. The lowest BCUT2D eigenvalue weighted by molar-refractivity contribution is -0.161. The zero-order chi connectivity index (χ0) is 14.8. The molecule has 2 atom stereocenters. The Kier molecular flexibility index (Phi) is 4.03. The first-order chi connectivity index (χ1) is 10.1. The number of nitrogens with zero attached hydrogens (tertiary/aromatic N) is 1. The molecule has 6 nitrogen and oxygen atoms in total. The van der Waals surface area contributed by atoms with Gasteiger partial charge in [0.05, 0.1) is 13.2 Å². The molecule has 1 amide bonds. The number of thioether (sulfide) groups is 1. The van der Waals surface area contributed by atoms with Gasteiger partial charge in [-0.2, -0.15) is 0 Å². The van der Waals surface area contributed by atoms with E-state index in [1.54, 1.807) is 11.8 Å². The van der Waals surface area contributed by atoms with Crippen molar-refractivity contribution in [1.82, 2.24) is 4.90 Å². The van der Waals surface area contributed by atoms with E-state index in [-0.39, 0.29) is 19.1 Å². The molecule has 1 fully saturated rings. The molecule has 7 heteroatoms. The summed E-state index contributed by atoms with van der Waals surface area (Å²) in [4.78, 5) is 26.0. The quantitative estimate of drug-likeness (QED) is 0.873. The molecule has 0 saturated carbocycles. The molecule has 0 spiro atoms. The molecule has 0 radical (unpaired) electrons. The van der Waals surface area contributed by atoms with Gasteiger partial charge in [-0.05, 0) is 12.1 Å². The van der Waals surface area contributed by atoms with Crippen molar-refractivity contribution in [2.24, 2.45) is 0 Å². The van der Waals surface area contributed by atoms with Gasteiger partial charge >= 0.3 is 5.97 Å². The Morgan fingerprint density at radius 3 is 2.90 bits per heavy atom. The molecule has 2 aliphatic rings. The fourth-order valence-corrected chi connectivity index (χ4v) is 3.32. The molecule has 21 heavy (non-hydrogen) atoms. The van der Waals surface area contributed by atoms with Crippen LogP contribution < -0.4 is 4.74 Å². The Bertz CT molecular complexity index is 564. The van der Waals surface area contributed by atoms with Gasteiger partial charge in [0, 0.05) is 17.2 Å². The molecular weight excluding hydrogens is 294 g/mol. The molecule has 1 aromatic rings. The van der Waals surface area contributed by atoms with E-state index in [9.17, 15) is 9.59 Å². The standard InChI is InChI=1S/C14H15NO5S/c16-13(15-5-6-19-10(7-15)14(17)18)11-8-21-12-4-2-1-3-9(12)20-11/h1-4,10-11H,5-8H2,(H,17,18)/t10-,11-/m0/s1. The topological polar surface area (TPSA) is 76.1 Å². The number of ether oxygens (including phenoxy) is 2. The first-order valence-corrected chi connectivity index (χ1v) is 7.65. The van der Waals surface area contributed by atoms with Crippen molar-refractivity contribution < 1.29 is 24.2 Å². The molecule has 0 aromatic heterocycles. The molecule has 1 N–H and O–H groups in total. The van der Waals surface area contributed by atoms with Gasteiger partial charge in [0.15, 0.2) is 12.2 Å². The number of hydrogen-bond donors (Lipinski definition) is 1. The number of hydrogen-bond acceptors (Lipinski definition) is 5. The van der Waals surface area contributed by atoms with E-state index in [0.29, 0.717) is 18.0 Å². The fourth-order valence-electron chi connectivity index (χ4n) is 2.34. The van der Waals surface area contributed by atoms with Crippen LogP contribution in [0.4, 0.5) is 0 Å².